The van der Waals surface area contributed by atoms with E-state index in [1.54, 1.807) is 0 Å². The standard InChI is InChI=1S/C26H29NO4/c1-29-26(28)18-21-12-14-24(15-13-21)27-25(31-20-23-10-6-3-7-11-23)16-17-30-19-22-8-4-2-5-9-22/h2-15,25,27H,16-20H2,1H3. The number of hydrogen-bond acceptors (Lipinski definition) is 5. The van der Waals surface area contributed by atoms with Gasteiger partial charge in [-0.2, -0.15) is 0 Å². The van der Waals surface area contributed by atoms with Gasteiger partial charge in [0.15, 0.2) is 0 Å². The Kier molecular flexibility index (Phi) is 9.10. The maximum Gasteiger partial charge on any atom is 0.309 e. The van der Waals surface area contributed by atoms with E-state index in [0.29, 0.717) is 26.2 Å². The number of methoxy groups -OCH3 is 1. The van der Waals surface area contributed by atoms with Crippen LogP contribution in [-0.2, 0) is 38.6 Å². The lowest BCUT2D eigenvalue weighted by Gasteiger charge is -2.21. The number of nitrogens with one attached hydrogen (secondary N) is 1. The van der Waals surface area contributed by atoms with E-state index in [1.165, 1.54) is 7.11 Å². The molecule has 0 aromatic heterocycles. The summed E-state index contributed by atoms with van der Waals surface area (Å²) >= 11 is 0. The molecule has 0 bridgehead atoms. The van der Waals surface area contributed by atoms with Crippen LogP contribution in [0.25, 0.3) is 0 Å². The number of hydrogen-bond donors (Lipinski definition) is 1. The van der Waals surface area contributed by atoms with E-state index in [1.807, 2.05) is 72.8 Å². The molecule has 3 rings (SSSR count). The van der Waals surface area contributed by atoms with Crippen molar-refractivity contribution in [3.63, 3.8) is 0 Å². The van der Waals surface area contributed by atoms with Crippen LogP contribution in [0.5, 0.6) is 0 Å². The smallest absolute Gasteiger partial charge is 0.309 e. The number of anilines is 1. The van der Waals surface area contributed by atoms with Crippen molar-refractivity contribution in [1.29, 1.82) is 0 Å². The van der Waals surface area contributed by atoms with Crippen LogP contribution in [0.1, 0.15) is 23.1 Å². The monoisotopic (exact) mass is 419 g/mol. The average molecular weight is 420 g/mol. The maximum atomic E-state index is 11.4. The van der Waals surface area contributed by atoms with Gasteiger partial charge in [0.1, 0.15) is 6.23 Å². The molecule has 0 aliphatic heterocycles. The first-order chi connectivity index (χ1) is 15.2. The lowest BCUT2D eigenvalue weighted by molar-refractivity contribution is -0.139. The lowest BCUT2D eigenvalue weighted by atomic mass is 10.1. The Morgan fingerprint density at radius 3 is 2.03 bits per heavy atom. The van der Waals surface area contributed by atoms with Gasteiger partial charge in [0.25, 0.3) is 0 Å². The molecular formula is C26H29NO4. The van der Waals surface area contributed by atoms with E-state index in [2.05, 4.69) is 17.4 Å². The van der Waals surface area contributed by atoms with Crippen molar-refractivity contribution >= 4 is 11.7 Å². The van der Waals surface area contributed by atoms with Gasteiger partial charge in [0.2, 0.25) is 0 Å². The van der Waals surface area contributed by atoms with Crippen LogP contribution in [0.4, 0.5) is 5.69 Å². The Morgan fingerprint density at radius 2 is 1.42 bits per heavy atom. The molecular weight excluding hydrogens is 390 g/mol. The molecule has 0 saturated heterocycles. The summed E-state index contributed by atoms with van der Waals surface area (Å²) in [6, 6.07) is 27.9. The molecule has 31 heavy (non-hydrogen) atoms. The second-order valence-corrected chi connectivity index (χ2v) is 7.21. The zero-order chi connectivity index (χ0) is 21.7. The van der Waals surface area contributed by atoms with Gasteiger partial charge in [-0.15, -0.1) is 0 Å². The van der Waals surface area contributed by atoms with Crippen molar-refractivity contribution < 1.29 is 19.0 Å². The predicted octanol–water partition coefficient (Wildman–Crippen LogP) is 4.96. The van der Waals surface area contributed by atoms with Crippen molar-refractivity contribution in [1.82, 2.24) is 0 Å². The van der Waals surface area contributed by atoms with Crippen LogP contribution >= 0.6 is 0 Å². The van der Waals surface area contributed by atoms with Gasteiger partial charge < -0.3 is 19.5 Å². The first-order valence-corrected chi connectivity index (χ1v) is 10.4. The molecule has 0 aliphatic carbocycles. The van der Waals surface area contributed by atoms with E-state index in [0.717, 1.165) is 22.4 Å². The molecule has 162 valence electrons. The molecule has 3 aromatic carbocycles. The molecule has 1 atom stereocenters. The molecule has 3 aromatic rings. The number of benzene rings is 3. The SMILES string of the molecule is COC(=O)Cc1ccc(NC(CCOCc2ccccc2)OCc2ccccc2)cc1. The van der Waals surface area contributed by atoms with E-state index >= 15 is 0 Å². The minimum Gasteiger partial charge on any atom is -0.469 e. The quantitative estimate of drug-likeness (QED) is 0.255. The van der Waals surface area contributed by atoms with E-state index < -0.39 is 0 Å². The van der Waals surface area contributed by atoms with Gasteiger partial charge in [0, 0.05) is 12.1 Å². The minimum atomic E-state index is -0.250. The van der Waals surface area contributed by atoms with E-state index in [-0.39, 0.29) is 18.6 Å². The van der Waals surface area contributed by atoms with Gasteiger partial charge >= 0.3 is 5.97 Å². The highest BCUT2D eigenvalue weighted by Gasteiger charge is 2.11. The van der Waals surface area contributed by atoms with Gasteiger partial charge in [-0.3, -0.25) is 4.79 Å². The molecule has 1 unspecified atom stereocenters. The fraction of sp³-hybridized carbons (Fsp3) is 0.269. The van der Waals surface area contributed by atoms with Gasteiger partial charge in [-0.1, -0.05) is 72.8 Å². The molecule has 0 aliphatic rings. The van der Waals surface area contributed by atoms with Crippen LogP contribution < -0.4 is 5.32 Å². The van der Waals surface area contributed by atoms with Crippen LogP contribution in [0.3, 0.4) is 0 Å². The summed E-state index contributed by atoms with van der Waals surface area (Å²) in [5.74, 6) is -0.250. The molecule has 5 nitrogen and oxygen atoms in total. The summed E-state index contributed by atoms with van der Waals surface area (Å²) in [7, 11) is 1.40. The normalized spacial score (nSPS) is 11.6. The molecule has 0 radical (unpaired) electrons. The van der Waals surface area contributed by atoms with Crippen molar-refractivity contribution in [2.24, 2.45) is 0 Å². The van der Waals surface area contributed by atoms with Crippen molar-refractivity contribution in [2.75, 3.05) is 19.0 Å². The van der Waals surface area contributed by atoms with Gasteiger partial charge in [-0.25, -0.2) is 0 Å². The Labute approximate surface area is 184 Å². The zero-order valence-electron chi connectivity index (χ0n) is 17.8. The summed E-state index contributed by atoms with van der Waals surface area (Å²) in [5.41, 5.74) is 4.10. The average Bonchev–Trinajstić information content (AvgIpc) is 2.82. The molecule has 5 heteroatoms. The summed E-state index contributed by atoms with van der Waals surface area (Å²) in [6.07, 6.45) is 0.754. The third kappa shape index (κ3) is 8.24. The highest BCUT2D eigenvalue weighted by molar-refractivity contribution is 5.72. The lowest BCUT2D eigenvalue weighted by Crippen LogP contribution is -2.25. The second kappa shape index (κ2) is 12.5. The maximum absolute atomic E-state index is 11.4. The topological polar surface area (TPSA) is 56.8 Å². The van der Waals surface area contributed by atoms with Crippen LogP contribution in [0, 0.1) is 0 Å². The van der Waals surface area contributed by atoms with Crippen molar-refractivity contribution in [3.05, 3.63) is 102 Å². The van der Waals surface area contributed by atoms with Crippen molar-refractivity contribution in [3.8, 4) is 0 Å². The fourth-order valence-electron chi connectivity index (χ4n) is 3.07. The Hall–Kier alpha value is -3.15. The number of carbonyl (C=O) groups excluding carboxylic acids is 1. The largest absolute Gasteiger partial charge is 0.469 e. The summed E-state index contributed by atoms with van der Waals surface area (Å²) in [6.45, 7) is 1.66. The Morgan fingerprint density at radius 1 is 0.806 bits per heavy atom. The Bertz CT molecular complexity index is 898. The molecule has 0 fully saturated rings. The van der Waals surface area contributed by atoms with E-state index in [4.69, 9.17) is 14.2 Å². The molecule has 0 saturated carbocycles. The fourth-order valence-corrected chi connectivity index (χ4v) is 3.07. The summed E-state index contributed by atoms with van der Waals surface area (Å²) in [4.78, 5) is 11.4. The Balaban J connectivity index is 1.54. The number of rotatable bonds is 12. The summed E-state index contributed by atoms with van der Waals surface area (Å²) in [5, 5.41) is 3.42. The molecule has 0 heterocycles. The molecule has 0 spiro atoms. The highest BCUT2D eigenvalue weighted by atomic mass is 16.5. The number of carbonyl (C=O) groups is 1. The van der Waals surface area contributed by atoms with Gasteiger partial charge in [-0.05, 0) is 28.8 Å². The minimum absolute atomic E-state index is 0.206. The third-order valence-electron chi connectivity index (χ3n) is 4.79. The number of ether oxygens (including phenoxy) is 3. The molecule has 1 N–H and O–H groups in total. The van der Waals surface area contributed by atoms with Crippen LogP contribution in [0.15, 0.2) is 84.9 Å². The van der Waals surface area contributed by atoms with Crippen LogP contribution in [-0.4, -0.2) is 25.9 Å². The summed E-state index contributed by atoms with van der Waals surface area (Å²) < 4.78 is 16.7. The first kappa shape index (κ1) is 22.5. The third-order valence-corrected chi connectivity index (χ3v) is 4.79. The first-order valence-electron chi connectivity index (χ1n) is 10.4. The molecule has 0 amide bonds. The van der Waals surface area contributed by atoms with Gasteiger partial charge in [0.05, 0.1) is 33.4 Å². The van der Waals surface area contributed by atoms with E-state index in [9.17, 15) is 4.79 Å². The van der Waals surface area contributed by atoms with Crippen LogP contribution in [0.2, 0.25) is 0 Å². The highest BCUT2D eigenvalue weighted by Crippen LogP contribution is 2.15. The zero-order valence-corrected chi connectivity index (χ0v) is 17.8. The predicted molar refractivity (Wildman–Crippen MR) is 122 cm³/mol. The van der Waals surface area contributed by atoms with Crippen molar-refractivity contribution in [2.45, 2.75) is 32.3 Å². The number of esters is 1. The second-order valence-electron chi connectivity index (χ2n) is 7.21.